The summed E-state index contributed by atoms with van der Waals surface area (Å²) in [7, 11) is 0. The van der Waals surface area contributed by atoms with E-state index in [1.807, 2.05) is 0 Å². The SMILES string of the molecule is O=C(O)CCCC(C(=O)O)N1CC(=O)CC1=O. The number of carbonyl (C=O) groups is 4. The van der Waals surface area contributed by atoms with E-state index in [1.165, 1.54) is 0 Å². The van der Waals surface area contributed by atoms with E-state index in [9.17, 15) is 19.2 Å². The van der Waals surface area contributed by atoms with Crippen molar-refractivity contribution in [1.29, 1.82) is 0 Å². The molecule has 0 aromatic heterocycles. The Bertz CT molecular complexity index is 364. The Hall–Kier alpha value is -1.92. The molecule has 0 radical (unpaired) electrons. The summed E-state index contributed by atoms with van der Waals surface area (Å²) in [5, 5.41) is 17.4. The van der Waals surface area contributed by atoms with E-state index >= 15 is 0 Å². The minimum absolute atomic E-state index is 0.0423. The molecule has 2 N–H and O–H groups in total. The smallest absolute Gasteiger partial charge is 0.326 e. The largest absolute Gasteiger partial charge is 0.481 e. The van der Waals surface area contributed by atoms with E-state index in [4.69, 9.17) is 10.2 Å². The highest BCUT2D eigenvalue weighted by atomic mass is 16.4. The van der Waals surface area contributed by atoms with Crippen LogP contribution >= 0.6 is 0 Å². The van der Waals surface area contributed by atoms with Crippen LogP contribution in [0.15, 0.2) is 0 Å². The molecule has 94 valence electrons. The van der Waals surface area contributed by atoms with Crippen LogP contribution in [0.3, 0.4) is 0 Å². The maximum atomic E-state index is 11.4. The number of carboxylic acid groups (broad SMARTS) is 2. The second-order valence-electron chi connectivity index (χ2n) is 3.88. The molecule has 0 aromatic carbocycles. The van der Waals surface area contributed by atoms with Crippen molar-refractivity contribution in [2.24, 2.45) is 0 Å². The highest BCUT2D eigenvalue weighted by molar-refractivity contribution is 6.06. The highest BCUT2D eigenvalue weighted by Gasteiger charge is 2.36. The summed E-state index contributed by atoms with van der Waals surface area (Å²) < 4.78 is 0. The number of likely N-dealkylation sites (tertiary alicyclic amines) is 1. The van der Waals surface area contributed by atoms with Crippen LogP contribution in [-0.2, 0) is 19.2 Å². The number of hydrogen-bond donors (Lipinski definition) is 2. The number of aliphatic carboxylic acids is 2. The number of rotatable bonds is 6. The van der Waals surface area contributed by atoms with E-state index in [0.29, 0.717) is 0 Å². The fourth-order valence-electron chi connectivity index (χ4n) is 1.75. The van der Waals surface area contributed by atoms with Gasteiger partial charge in [0.15, 0.2) is 5.78 Å². The molecular formula is C10H13NO6. The average molecular weight is 243 g/mol. The fourth-order valence-corrected chi connectivity index (χ4v) is 1.75. The number of ketones is 1. The van der Waals surface area contributed by atoms with Crippen LogP contribution in [-0.4, -0.2) is 51.3 Å². The summed E-state index contributed by atoms with van der Waals surface area (Å²) in [6.07, 6.45) is -0.215. The van der Waals surface area contributed by atoms with Gasteiger partial charge >= 0.3 is 11.9 Å². The summed E-state index contributed by atoms with van der Waals surface area (Å²) in [4.78, 5) is 44.7. The first-order valence-corrected chi connectivity index (χ1v) is 5.17. The van der Waals surface area contributed by atoms with Gasteiger partial charge in [-0.3, -0.25) is 14.4 Å². The van der Waals surface area contributed by atoms with E-state index in [-0.39, 0.29) is 38.0 Å². The quantitative estimate of drug-likeness (QED) is 0.608. The minimum Gasteiger partial charge on any atom is -0.481 e. The van der Waals surface area contributed by atoms with Crippen LogP contribution in [0.5, 0.6) is 0 Å². The van der Waals surface area contributed by atoms with Crippen LogP contribution in [0.4, 0.5) is 0 Å². The number of hydrogen-bond acceptors (Lipinski definition) is 4. The summed E-state index contributed by atoms with van der Waals surface area (Å²) in [6.45, 7) is -0.192. The van der Waals surface area contributed by atoms with Crippen LogP contribution < -0.4 is 0 Å². The molecule has 0 bridgehead atoms. The van der Waals surface area contributed by atoms with Crippen LogP contribution in [0.2, 0.25) is 0 Å². The van der Waals surface area contributed by atoms with Gasteiger partial charge in [-0.05, 0) is 12.8 Å². The first-order valence-electron chi connectivity index (χ1n) is 5.17. The molecule has 1 saturated heterocycles. The third-order valence-corrected chi connectivity index (χ3v) is 2.54. The molecular weight excluding hydrogens is 230 g/mol. The molecule has 1 unspecified atom stereocenters. The maximum absolute atomic E-state index is 11.4. The molecule has 1 aliphatic rings. The summed E-state index contributed by atoms with van der Waals surface area (Å²) in [5.41, 5.74) is 0. The Kier molecular flexibility index (Phi) is 4.19. The topological polar surface area (TPSA) is 112 Å². The molecule has 1 aliphatic heterocycles. The molecule has 17 heavy (non-hydrogen) atoms. The lowest BCUT2D eigenvalue weighted by atomic mass is 10.1. The van der Waals surface area contributed by atoms with Gasteiger partial charge in [0.1, 0.15) is 6.04 Å². The second-order valence-corrected chi connectivity index (χ2v) is 3.88. The lowest BCUT2D eigenvalue weighted by Crippen LogP contribution is -2.42. The summed E-state index contributed by atoms with van der Waals surface area (Å²) >= 11 is 0. The molecule has 1 atom stereocenters. The molecule has 7 nitrogen and oxygen atoms in total. The van der Waals surface area contributed by atoms with Crippen molar-refractivity contribution in [3.05, 3.63) is 0 Å². The zero-order chi connectivity index (χ0) is 13.0. The van der Waals surface area contributed by atoms with Gasteiger partial charge in [0.25, 0.3) is 0 Å². The standard InChI is InChI=1S/C10H13NO6/c12-6-4-8(13)11(5-6)7(10(16)17)2-1-3-9(14)15/h7H,1-5H2,(H,14,15)(H,16,17). The zero-order valence-corrected chi connectivity index (χ0v) is 9.09. The number of nitrogens with zero attached hydrogens (tertiary/aromatic N) is 1. The van der Waals surface area contributed by atoms with Crippen molar-refractivity contribution in [3.63, 3.8) is 0 Å². The van der Waals surface area contributed by atoms with Gasteiger partial charge in [-0.2, -0.15) is 0 Å². The third-order valence-electron chi connectivity index (χ3n) is 2.54. The molecule has 1 heterocycles. The average Bonchev–Trinajstić information content (AvgIpc) is 2.51. The summed E-state index contributed by atoms with van der Waals surface area (Å²) in [6, 6.07) is -1.10. The maximum Gasteiger partial charge on any atom is 0.326 e. The van der Waals surface area contributed by atoms with Crippen molar-refractivity contribution < 1.29 is 29.4 Å². The Morgan fingerprint density at radius 1 is 1.29 bits per heavy atom. The number of amides is 1. The van der Waals surface area contributed by atoms with E-state index < -0.39 is 23.9 Å². The molecule has 0 aromatic rings. The van der Waals surface area contributed by atoms with E-state index in [0.717, 1.165) is 4.90 Å². The Morgan fingerprint density at radius 3 is 2.35 bits per heavy atom. The van der Waals surface area contributed by atoms with E-state index in [2.05, 4.69) is 0 Å². The van der Waals surface area contributed by atoms with Crippen molar-refractivity contribution in [2.75, 3.05) is 6.54 Å². The Balaban J connectivity index is 2.60. The normalized spacial score (nSPS) is 17.3. The van der Waals surface area contributed by atoms with Crippen molar-refractivity contribution in [1.82, 2.24) is 4.90 Å². The number of Topliss-reactive ketones (excluding diaryl/α,β-unsaturated/α-hetero) is 1. The van der Waals surface area contributed by atoms with Gasteiger partial charge in [0.2, 0.25) is 5.91 Å². The van der Waals surface area contributed by atoms with Crippen LogP contribution in [0, 0.1) is 0 Å². The molecule has 0 saturated carbocycles. The predicted octanol–water partition coefficient (Wildman–Crippen LogP) is -0.504. The molecule has 0 spiro atoms. The van der Waals surface area contributed by atoms with Gasteiger partial charge in [-0.15, -0.1) is 0 Å². The second kappa shape index (κ2) is 5.42. The van der Waals surface area contributed by atoms with Gasteiger partial charge in [-0.25, -0.2) is 4.79 Å². The lowest BCUT2D eigenvalue weighted by Gasteiger charge is -2.22. The van der Waals surface area contributed by atoms with Gasteiger partial charge in [0.05, 0.1) is 13.0 Å². The van der Waals surface area contributed by atoms with Gasteiger partial charge in [0, 0.05) is 6.42 Å². The fraction of sp³-hybridized carbons (Fsp3) is 0.600. The summed E-state index contributed by atoms with van der Waals surface area (Å²) in [5.74, 6) is -3.03. The molecule has 1 fully saturated rings. The first-order chi connectivity index (χ1) is 7.91. The molecule has 7 heteroatoms. The molecule has 1 rings (SSSR count). The minimum atomic E-state index is -1.21. The number of carbonyl (C=O) groups excluding carboxylic acids is 2. The Labute approximate surface area is 97.0 Å². The monoisotopic (exact) mass is 243 g/mol. The van der Waals surface area contributed by atoms with Gasteiger partial charge in [-0.1, -0.05) is 0 Å². The van der Waals surface area contributed by atoms with Crippen molar-refractivity contribution >= 4 is 23.6 Å². The lowest BCUT2D eigenvalue weighted by molar-refractivity contribution is -0.149. The zero-order valence-electron chi connectivity index (χ0n) is 9.09. The predicted molar refractivity (Wildman–Crippen MR) is 54.2 cm³/mol. The van der Waals surface area contributed by atoms with Crippen LogP contribution in [0.1, 0.15) is 25.7 Å². The molecule has 0 aliphatic carbocycles. The first kappa shape index (κ1) is 13.1. The van der Waals surface area contributed by atoms with Crippen molar-refractivity contribution in [2.45, 2.75) is 31.7 Å². The number of carboxylic acids is 2. The third kappa shape index (κ3) is 3.54. The van der Waals surface area contributed by atoms with Gasteiger partial charge < -0.3 is 15.1 Å². The molecule has 1 amide bonds. The highest BCUT2D eigenvalue weighted by Crippen LogP contribution is 2.16. The Morgan fingerprint density at radius 2 is 1.94 bits per heavy atom. The van der Waals surface area contributed by atoms with E-state index in [1.54, 1.807) is 0 Å². The van der Waals surface area contributed by atoms with Crippen LogP contribution in [0.25, 0.3) is 0 Å². The van der Waals surface area contributed by atoms with Crippen molar-refractivity contribution in [3.8, 4) is 0 Å².